The van der Waals surface area contributed by atoms with E-state index in [1.807, 2.05) is 24.0 Å². The lowest BCUT2D eigenvalue weighted by Gasteiger charge is -2.38. The lowest BCUT2D eigenvalue weighted by Crippen LogP contribution is -2.57. The number of nitrogens with zero attached hydrogens (tertiary/aromatic N) is 2. The Kier molecular flexibility index (Phi) is 5.68. The monoisotopic (exact) mass is 355 g/mol. The highest BCUT2D eigenvalue weighted by atomic mass is 35.5. The van der Waals surface area contributed by atoms with Crippen LogP contribution in [0.25, 0.3) is 11.3 Å². The van der Waals surface area contributed by atoms with Gasteiger partial charge in [-0.15, -0.1) is 12.4 Å². The third-order valence-corrected chi connectivity index (χ3v) is 4.37. The van der Waals surface area contributed by atoms with Gasteiger partial charge >= 0.3 is 0 Å². The predicted molar refractivity (Wildman–Crippen MR) is 92.2 cm³/mol. The average Bonchev–Trinajstić information content (AvgIpc) is 2.99. The Labute approximate surface area is 146 Å². The first kappa shape index (κ1) is 17.8. The van der Waals surface area contributed by atoms with Crippen molar-refractivity contribution in [3.63, 3.8) is 0 Å². The van der Waals surface area contributed by atoms with Crippen molar-refractivity contribution in [1.82, 2.24) is 15.4 Å². The highest BCUT2D eigenvalue weighted by Gasteiger charge is 2.30. The van der Waals surface area contributed by atoms with Crippen molar-refractivity contribution in [2.75, 3.05) is 13.1 Å². The molecule has 1 aliphatic heterocycles. The lowest BCUT2D eigenvalue weighted by atomic mass is 10.1. The summed E-state index contributed by atoms with van der Waals surface area (Å²) in [6.07, 6.45) is 0. The van der Waals surface area contributed by atoms with Crippen molar-refractivity contribution >= 4 is 29.9 Å². The molecule has 0 radical (unpaired) electrons. The van der Waals surface area contributed by atoms with Gasteiger partial charge in [0.05, 0.1) is 0 Å². The standard InChI is InChI=1S/C16H18ClN3O2.ClH/c1-10-11(2)20(7-6-18-10)16(21)14-9-15(22-19-14)12-4-3-5-13(17)8-12;/h3-5,8-11,18H,6-7H2,1-2H3;1H. The summed E-state index contributed by atoms with van der Waals surface area (Å²) in [5, 5.41) is 7.90. The lowest BCUT2D eigenvalue weighted by molar-refractivity contribution is 0.0592. The number of nitrogens with one attached hydrogen (secondary N) is 1. The van der Waals surface area contributed by atoms with E-state index in [2.05, 4.69) is 17.4 Å². The Balaban J connectivity index is 0.00000192. The molecule has 0 bridgehead atoms. The third-order valence-electron chi connectivity index (χ3n) is 4.13. The summed E-state index contributed by atoms with van der Waals surface area (Å²) < 4.78 is 5.31. The minimum atomic E-state index is -0.0992. The van der Waals surface area contributed by atoms with Crippen LogP contribution in [-0.2, 0) is 0 Å². The Morgan fingerprint density at radius 2 is 2.17 bits per heavy atom. The molecule has 2 heterocycles. The molecule has 0 aliphatic carbocycles. The topological polar surface area (TPSA) is 58.4 Å². The van der Waals surface area contributed by atoms with Gasteiger partial charge in [0, 0.05) is 41.8 Å². The second-order valence-corrected chi connectivity index (χ2v) is 6.01. The molecule has 1 fully saturated rings. The van der Waals surface area contributed by atoms with Crippen LogP contribution >= 0.6 is 24.0 Å². The summed E-state index contributed by atoms with van der Waals surface area (Å²) >= 11 is 5.98. The van der Waals surface area contributed by atoms with E-state index in [1.165, 1.54) is 0 Å². The zero-order valence-corrected chi connectivity index (χ0v) is 14.5. The van der Waals surface area contributed by atoms with E-state index >= 15 is 0 Å². The van der Waals surface area contributed by atoms with Crippen LogP contribution in [0.1, 0.15) is 24.3 Å². The fourth-order valence-electron chi connectivity index (χ4n) is 2.64. The van der Waals surface area contributed by atoms with Crippen LogP contribution in [0.2, 0.25) is 5.02 Å². The van der Waals surface area contributed by atoms with Crippen molar-refractivity contribution in [2.24, 2.45) is 0 Å². The molecule has 1 amide bonds. The molecule has 1 aromatic carbocycles. The van der Waals surface area contributed by atoms with Crippen LogP contribution in [0.15, 0.2) is 34.9 Å². The molecule has 23 heavy (non-hydrogen) atoms. The van der Waals surface area contributed by atoms with Gasteiger partial charge in [-0.2, -0.15) is 0 Å². The van der Waals surface area contributed by atoms with E-state index < -0.39 is 0 Å². The molecule has 7 heteroatoms. The van der Waals surface area contributed by atoms with E-state index in [0.29, 0.717) is 23.0 Å². The maximum Gasteiger partial charge on any atom is 0.276 e. The minimum absolute atomic E-state index is 0. The summed E-state index contributed by atoms with van der Waals surface area (Å²) in [6.45, 7) is 5.57. The first-order valence-corrected chi connectivity index (χ1v) is 7.71. The number of halogens is 2. The molecule has 3 rings (SSSR count). The molecule has 2 unspecified atom stereocenters. The molecular formula is C16H19Cl2N3O2. The number of rotatable bonds is 2. The molecule has 5 nitrogen and oxygen atoms in total. The Hall–Kier alpha value is -1.56. The quantitative estimate of drug-likeness (QED) is 0.898. The maximum absolute atomic E-state index is 12.6. The summed E-state index contributed by atoms with van der Waals surface area (Å²) in [7, 11) is 0. The first-order valence-electron chi connectivity index (χ1n) is 7.33. The molecule has 2 atom stereocenters. The van der Waals surface area contributed by atoms with Gasteiger partial charge in [-0.3, -0.25) is 4.79 Å². The number of hydrogen-bond donors (Lipinski definition) is 1. The fraction of sp³-hybridized carbons (Fsp3) is 0.375. The fourth-order valence-corrected chi connectivity index (χ4v) is 2.83. The van der Waals surface area contributed by atoms with Gasteiger partial charge in [0.1, 0.15) is 0 Å². The smallest absolute Gasteiger partial charge is 0.276 e. The number of aromatic nitrogens is 1. The molecule has 1 aromatic heterocycles. The van der Waals surface area contributed by atoms with Crippen molar-refractivity contribution in [3.8, 4) is 11.3 Å². The van der Waals surface area contributed by atoms with E-state index in [4.69, 9.17) is 16.1 Å². The third kappa shape index (κ3) is 3.68. The number of carbonyl (C=O) groups excluding carboxylic acids is 1. The zero-order chi connectivity index (χ0) is 15.7. The van der Waals surface area contributed by atoms with Gasteiger partial charge in [-0.25, -0.2) is 0 Å². The largest absolute Gasteiger partial charge is 0.355 e. The minimum Gasteiger partial charge on any atom is -0.355 e. The molecule has 124 valence electrons. The molecule has 1 N–H and O–H groups in total. The summed E-state index contributed by atoms with van der Waals surface area (Å²) in [5.41, 5.74) is 1.14. The second-order valence-electron chi connectivity index (χ2n) is 5.57. The van der Waals surface area contributed by atoms with Crippen molar-refractivity contribution in [1.29, 1.82) is 0 Å². The van der Waals surface area contributed by atoms with Gasteiger partial charge in [0.2, 0.25) is 0 Å². The maximum atomic E-state index is 12.6. The number of benzene rings is 1. The van der Waals surface area contributed by atoms with E-state index in [1.54, 1.807) is 18.2 Å². The van der Waals surface area contributed by atoms with Crippen molar-refractivity contribution in [2.45, 2.75) is 25.9 Å². The van der Waals surface area contributed by atoms with Gasteiger partial charge in [-0.05, 0) is 26.0 Å². The zero-order valence-electron chi connectivity index (χ0n) is 13.0. The van der Waals surface area contributed by atoms with E-state index in [0.717, 1.165) is 12.1 Å². The Morgan fingerprint density at radius 3 is 2.91 bits per heavy atom. The SMILES string of the molecule is CC1NCCN(C(=O)c2cc(-c3cccc(Cl)c3)on2)C1C.Cl. The molecule has 0 spiro atoms. The van der Waals surface area contributed by atoms with E-state index in [-0.39, 0.29) is 30.4 Å². The number of piperazine rings is 1. The van der Waals surface area contributed by atoms with Crippen LogP contribution < -0.4 is 5.32 Å². The first-order chi connectivity index (χ1) is 10.6. The second kappa shape index (κ2) is 7.34. The highest BCUT2D eigenvalue weighted by molar-refractivity contribution is 6.30. The Morgan fingerprint density at radius 1 is 1.39 bits per heavy atom. The average molecular weight is 356 g/mol. The summed E-state index contributed by atoms with van der Waals surface area (Å²) in [6, 6.07) is 9.33. The number of carbonyl (C=O) groups is 1. The van der Waals surface area contributed by atoms with Crippen LogP contribution in [-0.4, -0.2) is 41.1 Å². The molecular weight excluding hydrogens is 337 g/mol. The number of amides is 1. The molecule has 2 aromatic rings. The van der Waals surface area contributed by atoms with Crippen LogP contribution in [0, 0.1) is 0 Å². The Bertz CT molecular complexity index is 689. The van der Waals surface area contributed by atoms with Crippen LogP contribution in [0.5, 0.6) is 0 Å². The molecule has 1 aliphatic rings. The predicted octanol–water partition coefficient (Wildman–Crippen LogP) is 3.24. The van der Waals surface area contributed by atoms with Crippen LogP contribution in [0.3, 0.4) is 0 Å². The van der Waals surface area contributed by atoms with Crippen molar-refractivity contribution in [3.05, 3.63) is 41.0 Å². The summed E-state index contributed by atoms with van der Waals surface area (Å²) in [5.74, 6) is 0.444. The molecule has 1 saturated heterocycles. The highest BCUT2D eigenvalue weighted by Crippen LogP contribution is 2.24. The van der Waals surface area contributed by atoms with Gasteiger partial charge in [-0.1, -0.05) is 28.9 Å². The molecule has 0 saturated carbocycles. The van der Waals surface area contributed by atoms with Gasteiger partial charge in [0.15, 0.2) is 11.5 Å². The van der Waals surface area contributed by atoms with Crippen molar-refractivity contribution < 1.29 is 9.32 Å². The summed E-state index contributed by atoms with van der Waals surface area (Å²) in [4.78, 5) is 14.5. The normalized spacial score (nSPS) is 20.9. The van der Waals surface area contributed by atoms with Gasteiger partial charge in [0.25, 0.3) is 5.91 Å². The number of hydrogen-bond acceptors (Lipinski definition) is 4. The van der Waals surface area contributed by atoms with Gasteiger partial charge < -0.3 is 14.7 Å². The van der Waals surface area contributed by atoms with Crippen LogP contribution in [0.4, 0.5) is 0 Å². The van der Waals surface area contributed by atoms with E-state index in [9.17, 15) is 4.79 Å².